The maximum absolute atomic E-state index is 5.35. The molecular formula is C16H25Cl2N3O3. The molecule has 0 saturated heterocycles. The number of benzene rings is 1. The van der Waals surface area contributed by atoms with Gasteiger partial charge in [0.1, 0.15) is 0 Å². The van der Waals surface area contributed by atoms with E-state index in [1.165, 1.54) is 0 Å². The van der Waals surface area contributed by atoms with Crippen LogP contribution in [-0.4, -0.2) is 37.4 Å². The minimum Gasteiger partial charge on any atom is -0.493 e. The van der Waals surface area contributed by atoms with Gasteiger partial charge in [-0.1, -0.05) is 0 Å². The van der Waals surface area contributed by atoms with Gasteiger partial charge in [0, 0.05) is 25.5 Å². The van der Waals surface area contributed by atoms with E-state index in [1.54, 1.807) is 27.5 Å². The summed E-state index contributed by atoms with van der Waals surface area (Å²) >= 11 is 0. The van der Waals surface area contributed by atoms with Crippen molar-refractivity contribution in [2.75, 3.05) is 27.9 Å². The van der Waals surface area contributed by atoms with E-state index in [9.17, 15) is 0 Å². The maximum atomic E-state index is 5.35. The van der Waals surface area contributed by atoms with Crippen LogP contribution in [0.25, 0.3) is 0 Å². The topological polar surface area (TPSA) is 57.5 Å². The first-order valence-electron chi connectivity index (χ1n) is 7.23. The molecule has 0 saturated carbocycles. The van der Waals surface area contributed by atoms with Crippen molar-refractivity contribution in [2.24, 2.45) is 0 Å². The second-order valence-electron chi connectivity index (χ2n) is 4.86. The van der Waals surface area contributed by atoms with Gasteiger partial charge in [-0.05, 0) is 30.7 Å². The molecule has 24 heavy (non-hydrogen) atoms. The van der Waals surface area contributed by atoms with E-state index in [4.69, 9.17) is 14.2 Å². The van der Waals surface area contributed by atoms with Gasteiger partial charge in [-0.25, -0.2) is 4.98 Å². The van der Waals surface area contributed by atoms with Crippen LogP contribution in [0.4, 0.5) is 0 Å². The molecule has 0 unspecified atom stereocenters. The van der Waals surface area contributed by atoms with E-state index in [-0.39, 0.29) is 24.8 Å². The SMILES string of the molecule is COc1cc(CNCCCn2ccnc2)cc(OC)c1OC.Cl.Cl. The van der Waals surface area contributed by atoms with Gasteiger partial charge >= 0.3 is 0 Å². The lowest BCUT2D eigenvalue weighted by Gasteiger charge is -2.14. The quantitative estimate of drug-likeness (QED) is 0.680. The van der Waals surface area contributed by atoms with Gasteiger partial charge in [0.2, 0.25) is 5.75 Å². The lowest BCUT2D eigenvalue weighted by molar-refractivity contribution is 0.323. The summed E-state index contributed by atoms with van der Waals surface area (Å²) in [4.78, 5) is 4.03. The van der Waals surface area contributed by atoms with Crippen LogP contribution in [0.1, 0.15) is 12.0 Å². The summed E-state index contributed by atoms with van der Waals surface area (Å²) < 4.78 is 18.1. The molecule has 2 rings (SSSR count). The molecule has 0 aliphatic carbocycles. The normalized spacial score (nSPS) is 9.62. The van der Waals surface area contributed by atoms with Crippen LogP contribution in [0, 0.1) is 0 Å². The van der Waals surface area contributed by atoms with Crippen molar-refractivity contribution >= 4 is 24.8 Å². The van der Waals surface area contributed by atoms with Crippen molar-refractivity contribution < 1.29 is 14.2 Å². The number of hydrogen-bond donors (Lipinski definition) is 1. The number of methoxy groups -OCH3 is 3. The summed E-state index contributed by atoms with van der Waals surface area (Å²) in [5, 5.41) is 3.42. The fourth-order valence-corrected chi connectivity index (χ4v) is 2.28. The average molecular weight is 378 g/mol. The summed E-state index contributed by atoms with van der Waals surface area (Å²) in [6.07, 6.45) is 6.64. The Balaban J connectivity index is 0.00000264. The first-order valence-corrected chi connectivity index (χ1v) is 7.23. The second kappa shape index (κ2) is 11.8. The molecule has 1 N–H and O–H groups in total. The van der Waals surface area contributed by atoms with Gasteiger partial charge in [0.25, 0.3) is 0 Å². The van der Waals surface area contributed by atoms with Crippen molar-refractivity contribution in [1.29, 1.82) is 0 Å². The third kappa shape index (κ3) is 6.11. The molecule has 0 bridgehead atoms. The van der Waals surface area contributed by atoms with Crippen molar-refractivity contribution in [1.82, 2.24) is 14.9 Å². The fraction of sp³-hybridized carbons (Fsp3) is 0.438. The van der Waals surface area contributed by atoms with Crippen LogP contribution in [0.2, 0.25) is 0 Å². The molecule has 6 nitrogen and oxygen atoms in total. The van der Waals surface area contributed by atoms with Crippen molar-refractivity contribution in [3.05, 3.63) is 36.4 Å². The molecule has 0 atom stereocenters. The van der Waals surface area contributed by atoms with E-state index in [1.807, 2.05) is 24.7 Å². The molecule has 0 amide bonds. The van der Waals surface area contributed by atoms with E-state index >= 15 is 0 Å². The Morgan fingerprint density at radius 2 is 1.71 bits per heavy atom. The minimum atomic E-state index is 0. The van der Waals surface area contributed by atoms with Crippen molar-refractivity contribution in [3.8, 4) is 17.2 Å². The fourth-order valence-electron chi connectivity index (χ4n) is 2.28. The Labute approximate surface area is 155 Å². The predicted octanol–water partition coefficient (Wildman–Crippen LogP) is 2.93. The molecule has 0 aliphatic rings. The highest BCUT2D eigenvalue weighted by Crippen LogP contribution is 2.38. The van der Waals surface area contributed by atoms with Gasteiger partial charge in [0.05, 0.1) is 27.7 Å². The Hall–Kier alpha value is -1.63. The number of aromatic nitrogens is 2. The lowest BCUT2D eigenvalue weighted by Crippen LogP contribution is -2.16. The molecule has 2 aromatic rings. The maximum Gasteiger partial charge on any atom is 0.203 e. The van der Waals surface area contributed by atoms with Crippen LogP contribution in [0.5, 0.6) is 17.2 Å². The zero-order valence-electron chi connectivity index (χ0n) is 14.2. The van der Waals surface area contributed by atoms with Gasteiger partial charge in [-0.15, -0.1) is 24.8 Å². The summed E-state index contributed by atoms with van der Waals surface area (Å²) in [5.41, 5.74) is 1.09. The molecule has 0 fully saturated rings. The number of ether oxygens (including phenoxy) is 3. The Kier molecular flexibility index (Phi) is 11.0. The van der Waals surface area contributed by atoms with E-state index in [0.29, 0.717) is 17.2 Å². The monoisotopic (exact) mass is 377 g/mol. The van der Waals surface area contributed by atoms with Crippen LogP contribution in [-0.2, 0) is 13.1 Å². The Morgan fingerprint density at radius 3 is 2.21 bits per heavy atom. The number of nitrogens with zero attached hydrogens (tertiary/aromatic N) is 2. The molecule has 1 aromatic carbocycles. The molecule has 136 valence electrons. The summed E-state index contributed by atoms with van der Waals surface area (Å²) in [7, 11) is 4.85. The predicted molar refractivity (Wildman–Crippen MR) is 99.1 cm³/mol. The largest absolute Gasteiger partial charge is 0.493 e. The lowest BCUT2D eigenvalue weighted by atomic mass is 10.1. The molecule has 0 aliphatic heterocycles. The third-order valence-corrected chi connectivity index (χ3v) is 3.38. The Bertz CT molecular complexity index is 555. The summed E-state index contributed by atoms with van der Waals surface area (Å²) in [5.74, 6) is 1.97. The van der Waals surface area contributed by atoms with Gasteiger partial charge < -0.3 is 24.1 Å². The first kappa shape index (κ1) is 22.4. The number of rotatable bonds is 9. The number of nitrogens with one attached hydrogen (secondary N) is 1. The smallest absolute Gasteiger partial charge is 0.203 e. The van der Waals surface area contributed by atoms with Gasteiger partial charge in [0.15, 0.2) is 11.5 Å². The highest BCUT2D eigenvalue weighted by molar-refractivity contribution is 5.85. The molecule has 0 spiro atoms. The van der Waals surface area contributed by atoms with Crippen molar-refractivity contribution in [2.45, 2.75) is 19.5 Å². The second-order valence-corrected chi connectivity index (χ2v) is 4.86. The number of hydrogen-bond acceptors (Lipinski definition) is 5. The highest BCUT2D eigenvalue weighted by Gasteiger charge is 2.12. The summed E-state index contributed by atoms with van der Waals surface area (Å²) in [6.45, 7) is 2.64. The highest BCUT2D eigenvalue weighted by atomic mass is 35.5. The molecular weight excluding hydrogens is 353 g/mol. The Morgan fingerprint density at radius 1 is 1.04 bits per heavy atom. The zero-order valence-corrected chi connectivity index (χ0v) is 15.8. The zero-order chi connectivity index (χ0) is 15.8. The number of imidazole rings is 1. The van der Waals surface area contributed by atoms with E-state index in [2.05, 4.69) is 14.9 Å². The average Bonchev–Trinajstić information content (AvgIpc) is 3.06. The number of halogens is 2. The van der Waals surface area contributed by atoms with Crippen molar-refractivity contribution in [3.63, 3.8) is 0 Å². The van der Waals surface area contributed by atoms with Crippen LogP contribution in [0.15, 0.2) is 30.9 Å². The van der Waals surface area contributed by atoms with Crippen LogP contribution < -0.4 is 19.5 Å². The molecule has 8 heteroatoms. The van der Waals surface area contributed by atoms with E-state index in [0.717, 1.165) is 31.6 Å². The molecule has 1 heterocycles. The minimum absolute atomic E-state index is 0. The first-order chi connectivity index (χ1) is 10.8. The number of aryl methyl sites for hydroxylation is 1. The summed E-state index contributed by atoms with van der Waals surface area (Å²) in [6, 6.07) is 3.93. The molecule has 0 radical (unpaired) electrons. The third-order valence-electron chi connectivity index (χ3n) is 3.38. The van der Waals surface area contributed by atoms with Gasteiger partial charge in [-0.3, -0.25) is 0 Å². The van der Waals surface area contributed by atoms with E-state index < -0.39 is 0 Å². The van der Waals surface area contributed by atoms with Crippen LogP contribution in [0.3, 0.4) is 0 Å². The molecule has 1 aromatic heterocycles. The van der Waals surface area contributed by atoms with Gasteiger partial charge in [-0.2, -0.15) is 0 Å². The standard InChI is InChI=1S/C16H23N3O3.2ClH/c1-20-14-9-13(10-15(21-2)16(14)22-3)11-17-5-4-7-19-8-6-18-12-19;;/h6,8-10,12,17H,4-5,7,11H2,1-3H3;2*1H. The van der Waals surface area contributed by atoms with Crippen LogP contribution >= 0.6 is 24.8 Å².